The van der Waals surface area contributed by atoms with Crippen LogP contribution >= 0.6 is 11.6 Å². The zero-order valence-corrected chi connectivity index (χ0v) is 8.78. The fourth-order valence-corrected chi connectivity index (χ4v) is 1.19. The molecule has 0 amide bonds. The minimum absolute atomic E-state index is 0.0333. The third kappa shape index (κ3) is 2.38. The summed E-state index contributed by atoms with van der Waals surface area (Å²) in [6, 6.07) is 4.08. The van der Waals surface area contributed by atoms with E-state index in [1.807, 2.05) is 0 Å². The van der Waals surface area contributed by atoms with Crippen LogP contribution in [0.5, 0.6) is 11.6 Å². The van der Waals surface area contributed by atoms with Gasteiger partial charge in [-0.25, -0.2) is 4.39 Å². The molecule has 1 heterocycles. The maximum absolute atomic E-state index is 13.1. The molecule has 0 radical (unpaired) electrons. The highest BCUT2D eigenvalue weighted by atomic mass is 35.5. The Morgan fingerprint density at radius 1 is 1.31 bits per heavy atom. The molecule has 2 N–H and O–H groups in total. The van der Waals surface area contributed by atoms with Crippen molar-refractivity contribution < 1.29 is 9.13 Å². The van der Waals surface area contributed by atoms with Gasteiger partial charge < -0.3 is 10.5 Å². The third-order valence-corrected chi connectivity index (χ3v) is 2.05. The molecular formula is C10H7ClFN3O. The van der Waals surface area contributed by atoms with Crippen molar-refractivity contribution in [2.75, 3.05) is 5.73 Å². The summed E-state index contributed by atoms with van der Waals surface area (Å²) >= 11 is 5.53. The highest BCUT2D eigenvalue weighted by molar-refractivity contribution is 6.30. The molecule has 0 saturated heterocycles. The molecule has 0 aliphatic rings. The molecule has 82 valence electrons. The molecular weight excluding hydrogens is 233 g/mol. The van der Waals surface area contributed by atoms with Crippen LogP contribution in [-0.2, 0) is 0 Å². The van der Waals surface area contributed by atoms with Crippen LogP contribution in [-0.4, -0.2) is 9.97 Å². The van der Waals surface area contributed by atoms with E-state index >= 15 is 0 Å². The van der Waals surface area contributed by atoms with Gasteiger partial charge in [-0.2, -0.15) is 4.98 Å². The summed E-state index contributed by atoms with van der Waals surface area (Å²) in [5.41, 5.74) is 5.42. The summed E-state index contributed by atoms with van der Waals surface area (Å²) < 4.78 is 18.3. The molecule has 1 aromatic heterocycles. The summed E-state index contributed by atoms with van der Waals surface area (Å²) in [5, 5.41) is 0.0333. The average Bonchev–Trinajstić information content (AvgIpc) is 2.24. The number of halogens is 2. The number of rotatable bonds is 2. The first-order valence-corrected chi connectivity index (χ1v) is 4.73. The maximum atomic E-state index is 13.1. The first kappa shape index (κ1) is 10.6. The van der Waals surface area contributed by atoms with Gasteiger partial charge in [-0.15, -0.1) is 0 Å². The number of nitrogens with two attached hydrogens (primary N) is 1. The number of nitrogen functional groups attached to an aromatic ring is 1. The quantitative estimate of drug-likeness (QED) is 0.875. The molecule has 0 spiro atoms. The van der Waals surface area contributed by atoms with E-state index in [0.717, 1.165) is 6.07 Å². The van der Waals surface area contributed by atoms with Crippen LogP contribution < -0.4 is 10.5 Å². The standard InChI is InChI=1S/C10H7ClFN3O/c11-7-2-1-6(3-8(7)12)16-10-5-14-4-9(13)15-10/h1-5H,(H2,13,15). The van der Waals surface area contributed by atoms with Crippen LogP contribution in [0.2, 0.25) is 5.02 Å². The largest absolute Gasteiger partial charge is 0.437 e. The molecule has 2 rings (SSSR count). The van der Waals surface area contributed by atoms with E-state index in [0.29, 0.717) is 0 Å². The zero-order valence-electron chi connectivity index (χ0n) is 8.02. The number of anilines is 1. The summed E-state index contributed by atoms with van der Waals surface area (Å²) in [7, 11) is 0. The van der Waals surface area contributed by atoms with Gasteiger partial charge in [0.05, 0.1) is 17.4 Å². The van der Waals surface area contributed by atoms with Crippen molar-refractivity contribution in [2.45, 2.75) is 0 Å². The lowest BCUT2D eigenvalue weighted by molar-refractivity contribution is 0.456. The van der Waals surface area contributed by atoms with Gasteiger partial charge in [-0.1, -0.05) is 11.6 Å². The molecule has 0 aliphatic carbocycles. The summed E-state index contributed by atoms with van der Waals surface area (Å²) in [6.07, 6.45) is 2.76. The van der Waals surface area contributed by atoms with Crippen molar-refractivity contribution in [1.29, 1.82) is 0 Å². The van der Waals surface area contributed by atoms with Crippen molar-refractivity contribution in [3.63, 3.8) is 0 Å². The number of ether oxygens (including phenoxy) is 1. The Morgan fingerprint density at radius 3 is 2.81 bits per heavy atom. The Kier molecular flexibility index (Phi) is 2.87. The van der Waals surface area contributed by atoms with Crippen molar-refractivity contribution in [3.8, 4) is 11.6 Å². The topological polar surface area (TPSA) is 61.0 Å². The smallest absolute Gasteiger partial charge is 0.239 e. The first-order chi connectivity index (χ1) is 7.65. The number of aromatic nitrogens is 2. The van der Waals surface area contributed by atoms with Gasteiger partial charge in [0.1, 0.15) is 17.4 Å². The van der Waals surface area contributed by atoms with Gasteiger partial charge in [0.15, 0.2) is 0 Å². The Balaban J connectivity index is 2.24. The number of hydrogen-bond donors (Lipinski definition) is 1. The van der Waals surface area contributed by atoms with Gasteiger partial charge in [-0.05, 0) is 12.1 Å². The van der Waals surface area contributed by atoms with E-state index in [1.165, 1.54) is 24.5 Å². The molecule has 4 nitrogen and oxygen atoms in total. The molecule has 6 heteroatoms. The lowest BCUT2D eigenvalue weighted by Gasteiger charge is -2.04. The highest BCUT2D eigenvalue weighted by Crippen LogP contribution is 2.24. The second-order valence-electron chi connectivity index (χ2n) is 2.96. The molecule has 16 heavy (non-hydrogen) atoms. The molecule has 1 aromatic carbocycles. The van der Waals surface area contributed by atoms with E-state index in [1.54, 1.807) is 0 Å². The van der Waals surface area contributed by atoms with E-state index in [4.69, 9.17) is 22.1 Å². The molecule has 0 fully saturated rings. The highest BCUT2D eigenvalue weighted by Gasteiger charge is 2.04. The Morgan fingerprint density at radius 2 is 2.12 bits per heavy atom. The van der Waals surface area contributed by atoms with Crippen LogP contribution in [0.3, 0.4) is 0 Å². The summed E-state index contributed by atoms with van der Waals surface area (Å²) in [4.78, 5) is 7.65. The van der Waals surface area contributed by atoms with Crippen LogP contribution in [0.4, 0.5) is 10.2 Å². The Labute approximate surface area is 95.9 Å². The van der Waals surface area contributed by atoms with Gasteiger partial charge >= 0.3 is 0 Å². The molecule has 0 bridgehead atoms. The molecule has 0 unspecified atom stereocenters. The van der Waals surface area contributed by atoms with Crippen LogP contribution in [0, 0.1) is 5.82 Å². The Hall–Kier alpha value is -1.88. The second kappa shape index (κ2) is 4.32. The normalized spacial score (nSPS) is 10.1. The molecule has 2 aromatic rings. The van der Waals surface area contributed by atoms with Gasteiger partial charge in [0, 0.05) is 6.07 Å². The summed E-state index contributed by atoms with van der Waals surface area (Å²) in [5.74, 6) is 0.145. The van der Waals surface area contributed by atoms with Crippen LogP contribution in [0.1, 0.15) is 0 Å². The minimum Gasteiger partial charge on any atom is -0.437 e. The second-order valence-corrected chi connectivity index (χ2v) is 3.37. The van der Waals surface area contributed by atoms with Crippen molar-refractivity contribution in [2.24, 2.45) is 0 Å². The van der Waals surface area contributed by atoms with Crippen LogP contribution in [0.15, 0.2) is 30.6 Å². The van der Waals surface area contributed by atoms with E-state index in [-0.39, 0.29) is 22.5 Å². The number of nitrogens with zero attached hydrogens (tertiary/aromatic N) is 2. The number of hydrogen-bond acceptors (Lipinski definition) is 4. The third-order valence-electron chi connectivity index (χ3n) is 1.74. The fourth-order valence-electron chi connectivity index (χ4n) is 1.07. The monoisotopic (exact) mass is 239 g/mol. The molecule has 0 atom stereocenters. The Bertz CT molecular complexity index is 521. The molecule has 0 aliphatic heterocycles. The first-order valence-electron chi connectivity index (χ1n) is 4.35. The summed E-state index contributed by atoms with van der Waals surface area (Å²) in [6.45, 7) is 0. The van der Waals surface area contributed by atoms with E-state index < -0.39 is 5.82 Å². The van der Waals surface area contributed by atoms with E-state index in [2.05, 4.69) is 9.97 Å². The van der Waals surface area contributed by atoms with Crippen molar-refractivity contribution in [3.05, 3.63) is 41.4 Å². The average molecular weight is 240 g/mol. The lowest BCUT2D eigenvalue weighted by Crippen LogP contribution is -1.94. The zero-order chi connectivity index (χ0) is 11.5. The van der Waals surface area contributed by atoms with Crippen LogP contribution in [0.25, 0.3) is 0 Å². The number of benzene rings is 1. The lowest BCUT2D eigenvalue weighted by atomic mass is 10.3. The van der Waals surface area contributed by atoms with Crippen molar-refractivity contribution >= 4 is 17.4 Å². The minimum atomic E-state index is -0.559. The SMILES string of the molecule is Nc1cncc(Oc2ccc(Cl)c(F)c2)n1. The molecule has 0 saturated carbocycles. The maximum Gasteiger partial charge on any atom is 0.239 e. The van der Waals surface area contributed by atoms with Gasteiger partial charge in [-0.3, -0.25) is 4.98 Å². The predicted octanol–water partition coefficient (Wildman–Crippen LogP) is 2.64. The predicted molar refractivity (Wildman–Crippen MR) is 57.9 cm³/mol. The van der Waals surface area contributed by atoms with Gasteiger partial charge in [0.2, 0.25) is 5.88 Å². The van der Waals surface area contributed by atoms with Gasteiger partial charge in [0.25, 0.3) is 0 Å². The fraction of sp³-hybridized carbons (Fsp3) is 0. The van der Waals surface area contributed by atoms with E-state index in [9.17, 15) is 4.39 Å². The van der Waals surface area contributed by atoms with Crippen molar-refractivity contribution in [1.82, 2.24) is 9.97 Å².